The fourth-order valence-corrected chi connectivity index (χ4v) is 8.63. The number of fused-ring (bicyclic) bond motifs is 1. The standard InChI is InChI=1S/C52H79N17O9/c1-29(70)63-36(13-8-24-60-50(55)56)44(73)66-38-19-20-42(71)59-23-7-12-35(43(54)72)64-49(78)41(27-31-28-62-34-11-6-5-10-33(31)34)69-45(74)37(14-9-25-61-51(57)58)65-48(77)40(68-47(76)39(21-22-53)67-46(38)75)26-30-15-17-32(18-16-30)52(2,3)4/h5-6,10-11,15-18,28,35-41,62H,7-9,12-14,19-27,53H2,1-4H3,(H2,54,72)(H,59,71)(H,63,70)(H,64,78)(H,65,77)(H,66,73)(H,67,75)(H,68,76)(H,69,74)(H4,55,56,60)(H4,57,58,61)/t35-,36-,37-,38?,39-,40+,41-/m0/s1. The van der Waals surface area contributed by atoms with Crippen LogP contribution in [0.5, 0.6) is 0 Å². The Hall–Kier alpha value is -8.29. The average Bonchev–Trinajstić information content (AvgIpc) is 3.79. The second-order valence-corrected chi connectivity index (χ2v) is 20.2. The van der Waals surface area contributed by atoms with E-state index in [0.717, 1.165) is 16.5 Å². The average molecular weight is 1090 g/mol. The van der Waals surface area contributed by atoms with Crippen molar-refractivity contribution >= 4 is 76.0 Å². The molecule has 0 saturated carbocycles. The second-order valence-electron chi connectivity index (χ2n) is 20.2. The summed E-state index contributed by atoms with van der Waals surface area (Å²) in [5.74, 6) is -7.35. The molecule has 426 valence electrons. The van der Waals surface area contributed by atoms with E-state index < -0.39 is 95.5 Å². The number of primary amides is 1. The van der Waals surface area contributed by atoms with Crippen LogP contribution in [-0.2, 0) is 61.4 Å². The Morgan fingerprint density at radius 3 is 1.90 bits per heavy atom. The van der Waals surface area contributed by atoms with Gasteiger partial charge in [-0.05, 0) is 86.1 Å². The molecule has 3 aromatic rings. The zero-order chi connectivity index (χ0) is 57.5. The summed E-state index contributed by atoms with van der Waals surface area (Å²) in [6, 6.07) is 5.23. The Kier molecular flexibility index (Phi) is 24.3. The highest BCUT2D eigenvalue weighted by atomic mass is 16.2. The summed E-state index contributed by atoms with van der Waals surface area (Å²) < 4.78 is 0. The van der Waals surface area contributed by atoms with Crippen molar-refractivity contribution in [1.29, 1.82) is 0 Å². The lowest BCUT2D eigenvalue weighted by Crippen LogP contribution is -2.60. The summed E-state index contributed by atoms with van der Waals surface area (Å²) >= 11 is 0. The van der Waals surface area contributed by atoms with Gasteiger partial charge in [-0.1, -0.05) is 63.2 Å². The number of amides is 9. The van der Waals surface area contributed by atoms with Crippen LogP contribution < -0.4 is 76.9 Å². The molecule has 7 atom stereocenters. The maximum atomic E-state index is 14.8. The Balaban J connectivity index is 1.80. The van der Waals surface area contributed by atoms with E-state index in [4.69, 9.17) is 34.4 Å². The van der Waals surface area contributed by atoms with Gasteiger partial charge in [0, 0.05) is 62.9 Å². The van der Waals surface area contributed by atoms with Crippen molar-refractivity contribution in [2.75, 3.05) is 26.2 Å². The molecule has 1 saturated heterocycles. The number of aromatic amines is 1. The molecule has 78 heavy (non-hydrogen) atoms. The number of H-pyrrole nitrogens is 1. The molecule has 26 heteroatoms. The maximum absolute atomic E-state index is 14.8. The smallest absolute Gasteiger partial charge is 0.243 e. The monoisotopic (exact) mass is 1090 g/mol. The predicted octanol–water partition coefficient (Wildman–Crippen LogP) is -2.70. The molecule has 0 spiro atoms. The number of carbonyl (C=O) groups excluding carboxylic acids is 9. The quantitative estimate of drug-likeness (QED) is 0.0350. The van der Waals surface area contributed by atoms with Gasteiger partial charge in [-0.15, -0.1) is 0 Å². The molecule has 0 aliphatic carbocycles. The van der Waals surface area contributed by atoms with Crippen LogP contribution in [0.4, 0.5) is 0 Å². The molecule has 1 aliphatic rings. The van der Waals surface area contributed by atoms with E-state index in [1.54, 1.807) is 18.3 Å². The molecule has 1 aliphatic heterocycles. The van der Waals surface area contributed by atoms with Crippen LogP contribution in [0.25, 0.3) is 10.9 Å². The van der Waals surface area contributed by atoms with Gasteiger partial charge in [-0.25, -0.2) is 0 Å². The van der Waals surface area contributed by atoms with Crippen LogP contribution in [0.3, 0.4) is 0 Å². The Morgan fingerprint density at radius 1 is 0.705 bits per heavy atom. The number of aliphatic imine (C=N–C) groups is 2. The molecule has 1 aromatic heterocycles. The van der Waals surface area contributed by atoms with Crippen LogP contribution in [0.15, 0.2) is 64.7 Å². The molecule has 21 N–H and O–H groups in total. The number of nitrogens with zero attached hydrogens (tertiary/aromatic N) is 2. The molecular weight excluding hydrogens is 1010 g/mol. The van der Waals surface area contributed by atoms with Gasteiger partial charge in [-0.2, -0.15) is 0 Å². The molecule has 2 heterocycles. The summed E-state index contributed by atoms with van der Waals surface area (Å²) in [4.78, 5) is 136. The third-order valence-corrected chi connectivity index (χ3v) is 12.9. The summed E-state index contributed by atoms with van der Waals surface area (Å²) in [5.41, 5.74) is 36.6. The van der Waals surface area contributed by atoms with Crippen LogP contribution in [0.1, 0.15) is 102 Å². The Labute approximate surface area is 453 Å². The highest BCUT2D eigenvalue weighted by Gasteiger charge is 2.35. The van der Waals surface area contributed by atoms with Crippen molar-refractivity contribution < 1.29 is 43.2 Å². The second kappa shape index (κ2) is 30.5. The van der Waals surface area contributed by atoms with Crippen molar-refractivity contribution in [2.45, 2.75) is 146 Å². The molecule has 0 bridgehead atoms. The largest absolute Gasteiger partial charge is 0.370 e. The van der Waals surface area contributed by atoms with E-state index >= 15 is 0 Å². The minimum absolute atomic E-state index is 0.0144. The predicted molar refractivity (Wildman–Crippen MR) is 294 cm³/mol. The molecule has 0 radical (unpaired) electrons. The third kappa shape index (κ3) is 20.7. The van der Waals surface area contributed by atoms with Crippen molar-refractivity contribution in [3.8, 4) is 0 Å². The van der Waals surface area contributed by atoms with Gasteiger partial charge in [0.2, 0.25) is 53.2 Å². The summed E-state index contributed by atoms with van der Waals surface area (Å²) in [5, 5.41) is 22.2. The number of para-hydroxylation sites is 1. The van der Waals surface area contributed by atoms with Gasteiger partial charge in [0.1, 0.15) is 42.3 Å². The zero-order valence-electron chi connectivity index (χ0n) is 44.9. The molecule has 2 aromatic carbocycles. The number of nitrogens with two attached hydrogens (primary N) is 6. The van der Waals surface area contributed by atoms with E-state index in [1.807, 2.05) is 57.2 Å². The lowest BCUT2D eigenvalue weighted by molar-refractivity contribution is -0.136. The lowest BCUT2D eigenvalue weighted by atomic mass is 9.86. The third-order valence-electron chi connectivity index (χ3n) is 12.9. The zero-order valence-corrected chi connectivity index (χ0v) is 44.9. The number of rotatable bonds is 18. The van der Waals surface area contributed by atoms with Crippen LogP contribution in [0.2, 0.25) is 0 Å². The molecule has 9 amide bonds. The summed E-state index contributed by atoms with van der Waals surface area (Å²) in [6.07, 6.45) is 1.17. The number of guanidine groups is 2. The Morgan fingerprint density at radius 2 is 1.28 bits per heavy atom. The molecule has 26 nitrogen and oxygen atoms in total. The first kappa shape index (κ1) is 62.3. The SMILES string of the molecule is CC(=O)N[C@@H](CCCN=C(N)N)C(=O)NC1CCC(=O)NCCC[C@@H](C(N)=O)NC(=O)[C@H](Cc2c[nH]c3ccccc23)NC(=O)[C@H](CCCN=C(N)N)NC(=O)[C@@H](Cc2ccc(C(C)(C)C)cc2)NC(=O)[C@H](CCN)NC1=O. The molecule has 1 unspecified atom stereocenters. The van der Waals surface area contributed by atoms with Gasteiger partial charge in [0.05, 0.1) is 0 Å². The number of benzene rings is 2. The highest BCUT2D eigenvalue weighted by Crippen LogP contribution is 2.23. The van der Waals surface area contributed by atoms with E-state index in [0.29, 0.717) is 11.1 Å². The summed E-state index contributed by atoms with van der Waals surface area (Å²) in [6.45, 7) is 7.34. The summed E-state index contributed by atoms with van der Waals surface area (Å²) in [7, 11) is 0. The van der Waals surface area contributed by atoms with Crippen LogP contribution in [0, 0.1) is 0 Å². The fraction of sp³-hybridized carbons (Fsp3) is 0.519. The number of hydrogen-bond acceptors (Lipinski definition) is 12. The topological polar surface area (TPSA) is 446 Å². The highest BCUT2D eigenvalue weighted by molar-refractivity contribution is 5.98. The fourth-order valence-electron chi connectivity index (χ4n) is 8.63. The van der Waals surface area contributed by atoms with Crippen LogP contribution >= 0.6 is 0 Å². The van der Waals surface area contributed by atoms with Gasteiger partial charge in [0.15, 0.2) is 11.9 Å². The number of nitrogens with one attached hydrogen (secondary N) is 9. The normalized spacial score (nSPS) is 21.0. The minimum Gasteiger partial charge on any atom is -0.370 e. The van der Waals surface area contributed by atoms with Crippen molar-refractivity contribution in [3.05, 3.63) is 71.4 Å². The van der Waals surface area contributed by atoms with Gasteiger partial charge >= 0.3 is 0 Å². The number of aromatic nitrogens is 1. The van der Waals surface area contributed by atoms with Crippen molar-refractivity contribution in [3.63, 3.8) is 0 Å². The van der Waals surface area contributed by atoms with Crippen LogP contribution in [-0.4, -0.2) is 139 Å². The van der Waals surface area contributed by atoms with Gasteiger partial charge in [-0.3, -0.25) is 53.1 Å². The number of hydrogen-bond donors (Lipinski definition) is 15. The van der Waals surface area contributed by atoms with E-state index in [1.165, 1.54) is 6.92 Å². The van der Waals surface area contributed by atoms with E-state index in [-0.39, 0.29) is 114 Å². The molecule has 1 fully saturated rings. The first-order valence-electron chi connectivity index (χ1n) is 26.1. The van der Waals surface area contributed by atoms with Gasteiger partial charge in [0.25, 0.3) is 0 Å². The Bertz CT molecular complexity index is 2620. The van der Waals surface area contributed by atoms with Gasteiger partial charge < -0.3 is 81.9 Å². The maximum Gasteiger partial charge on any atom is 0.243 e. The minimum atomic E-state index is -1.47. The van der Waals surface area contributed by atoms with Crippen molar-refractivity contribution in [1.82, 2.24) is 47.5 Å². The number of carbonyl (C=O) groups is 9. The molecular formula is C52H79N17O9. The lowest BCUT2D eigenvalue weighted by Gasteiger charge is -2.28. The first-order valence-corrected chi connectivity index (χ1v) is 26.1. The molecule has 4 rings (SSSR count). The van der Waals surface area contributed by atoms with Crippen molar-refractivity contribution in [2.24, 2.45) is 44.4 Å². The van der Waals surface area contributed by atoms with E-state index in [9.17, 15) is 43.2 Å². The van der Waals surface area contributed by atoms with E-state index in [2.05, 4.69) is 57.5 Å². The first-order chi connectivity index (χ1) is 36.9.